The molecule has 0 aliphatic heterocycles. The molecular weight excluding hydrogens is 420 g/mol. The van der Waals surface area contributed by atoms with Crippen LogP contribution in [0.5, 0.6) is 0 Å². The van der Waals surface area contributed by atoms with Crippen LogP contribution in [0.3, 0.4) is 0 Å². The average molecular weight is 454 g/mol. The second kappa shape index (κ2) is 11.6. The molecule has 1 aromatic carbocycles. The van der Waals surface area contributed by atoms with E-state index in [1.165, 1.54) is 6.07 Å². The number of anilines is 1. The highest BCUT2D eigenvalue weighted by molar-refractivity contribution is 7.84. The molecule has 9 heteroatoms. The third-order valence-electron chi connectivity index (χ3n) is 5.73. The fourth-order valence-corrected chi connectivity index (χ4v) is 4.15. The van der Waals surface area contributed by atoms with Crippen LogP contribution in [0.4, 0.5) is 14.5 Å². The van der Waals surface area contributed by atoms with Crippen molar-refractivity contribution in [2.75, 3.05) is 25.0 Å². The molecule has 1 unspecified atom stereocenters. The number of halogens is 2. The number of benzene rings is 1. The smallest absolute Gasteiger partial charge is 0.223 e. The van der Waals surface area contributed by atoms with Gasteiger partial charge in [-0.2, -0.15) is 0 Å². The van der Waals surface area contributed by atoms with Crippen molar-refractivity contribution in [3.05, 3.63) is 40.4 Å². The van der Waals surface area contributed by atoms with E-state index in [0.29, 0.717) is 55.1 Å². The van der Waals surface area contributed by atoms with Gasteiger partial charge in [0.1, 0.15) is 11.6 Å². The van der Waals surface area contributed by atoms with Crippen LogP contribution in [-0.2, 0) is 17.6 Å². The van der Waals surface area contributed by atoms with Crippen molar-refractivity contribution >= 4 is 29.9 Å². The van der Waals surface area contributed by atoms with Gasteiger partial charge in [-0.05, 0) is 56.2 Å². The van der Waals surface area contributed by atoms with E-state index in [4.69, 9.17) is 11.5 Å². The predicted molar refractivity (Wildman–Crippen MR) is 125 cm³/mol. The van der Waals surface area contributed by atoms with E-state index in [0.717, 1.165) is 5.71 Å². The van der Waals surface area contributed by atoms with E-state index >= 15 is 0 Å². The van der Waals surface area contributed by atoms with Crippen molar-refractivity contribution in [1.29, 1.82) is 0 Å². The maximum absolute atomic E-state index is 14.7. The van der Waals surface area contributed by atoms with Gasteiger partial charge in [-0.1, -0.05) is 13.5 Å². The minimum atomic E-state index is -0.471. The zero-order valence-electron chi connectivity index (χ0n) is 18.2. The molecule has 0 saturated heterocycles. The Morgan fingerprint density at radius 1 is 1.39 bits per heavy atom. The number of carbonyl (C=O) groups excluding carboxylic acids is 1. The topological polar surface area (TPSA) is 106 Å². The van der Waals surface area contributed by atoms with Gasteiger partial charge in [0.05, 0.1) is 10.7 Å². The molecular formula is C22H33F2N5OS. The number of fused-ring (bicyclic) bond motifs is 1. The first kappa shape index (κ1) is 25.3. The van der Waals surface area contributed by atoms with E-state index in [1.807, 2.05) is 13.8 Å². The quantitative estimate of drug-likeness (QED) is 0.277. The summed E-state index contributed by atoms with van der Waals surface area (Å²) in [5.41, 5.74) is 13.0. The number of hydrogen-bond donors (Lipinski definition) is 5. The van der Waals surface area contributed by atoms with Crippen LogP contribution in [0, 0.1) is 23.5 Å². The van der Waals surface area contributed by atoms with Gasteiger partial charge in [0.25, 0.3) is 0 Å². The number of aliphatic imine (C=N–C) groups is 1. The zero-order chi connectivity index (χ0) is 23.1. The van der Waals surface area contributed by atoms with Crippen molar-refractivity contribution < 1.29 is 13.6 Å². The second-order valence-corrected chi connectivity index (χ2v) is 8.61. The molecule has 1 aliphatic rings. The lowest BCUT2D eigenvalue weighted by Crippen LogP contribution is -2.44. The van der Waals surface area contributed by atoms with E-state index in [-0.39, 0.29) is 35.9 Å². The molecule has 31 heavy (non-hydrogen) atoms. The Hall–Kier alpha value is -1.97. The molecule has 172 valence electrons. The lowest BCUT2D eigenvalue weighted by Gasteiger charge is -2.29. The normalized spacial score (nSPS) is 18.2. The van der Waals surface area contributed by atoms with Gasteiger partial charge in [0, 0.05) is 36.8 Å². The first-order chi connectivity index (χ1) is 14.7. The highest BCUT2D eigenvalue weighted by Crippen LogP contribution is 2.31. The Labute approximate surface area is 188 Å². The lowest BCUT2D eigenvalue weighted by atomic mass is 9.85. The summed E-state index contributed by atoms with van der Waals surface area (Å²) in [4.78, 5) is 17.0. The summed E-state index contributed by atoms with van der Waals surface area (Å²) >= 11 is 4.07. The minimum Gasteiger partial charge on any atom is -0.381 e. The molecule has 0 heterocycles. The first-order valence-electron chi connectivity index (χ1n) is 10.5. The van der Waals surface area contributed by atoms with Crippen LogP contribution in [0.2, 0.25) is 0 Å². The molecule has 0 bridgehead atoms. The van der Waals surface area contributed by atoms with E-state index in [9.17, 15) is 13.6 Å². The highest BCUT2D eigenvalue weighted by atomic mass is 32.1. The van der Waals surface area contributed by atoms with Crippen LogP contribution in [0.25, 0.3) is 0 Å². The van der Waals surface area contributed by atoms with Crippen molar-refractivity contribution in [3.63, 3.8) is 0 Å². The van der Waals surface area contributed by atoms with Gasteiger partial charge in [-0.15, -0.1) is 12.6 Å². The van der Waals surface area contributed by atoms with Crippen LogP contribution < -0.4 is 22.1 Å². The molecule has 0 saturated carbocycles. The predicted octanol–water partition coefficient (Wildman–Crippen LogP) is 2.77. The van der Waals surface area contributed by atoms with E-state index in [1.54, 1.807) is 0 Å². The summed E-state index contributed by atoms with van der Waals surface area (Å²) in [6.45, 7) is 8.32. The third-order valence-corrected chi connectivity index (χ3v) is 5.83. The van der Waals surface area contributed by atoms with Crippen LogP contribution in [0.15, 0.2) is 22.7 Å². The number of hydrogen-bond acceptors (Lipinski definition) is 6. The Morgan fingerprint density at radius 3 is 2.71 bits per heavy atom. The molecule has 3 atom stereocenters. The standard InChI is InChI=1S/C22H33F2N5OS/c1-12(28-14(3)31)8-15(11-26)13(2)22(30)29-16-4-5-17-18(9-16)19(23)10-20(21(17)24)27-7-6-25/h10,13,15-16,27,31H,3-9,11,25-26H2,1-2H3,(H,29,30)/b28-12-/t13-,15?,16-/m0/s1. The fraction of sp³-hybridized carbons (Fsp3) is 0.545. The molecule has 1 amide bonds. The van der Waals surface area contributed by atoms with E-state index in [2.05, 4.69) is 34.8 Å². The molecule has 0 aromatic heterocycles. The van der Waals surface area contributed by atoms with Gasteiger partial charge in [0.2, 0.25) is 5.91 Å². The summed E-state index contributed by atoms with van der Waals surface area (Å²) in [6.07, 6.45) is 1.69. The number of carbonyl (C=O) groups is 1. The fourth-order valence-electron chi connectivity index (χ4n) is 3.98. The number of nitrogens with two attached hydrogens (primary N) is 2. The van der Waals surface area contributed by atoms with Gasteiger partial charge in [-0.3, -0.25) is 9.79 Å². The van der Waals surface area contributed by atoms with Crippen LogP contribution in [-0.4, -0.2) is 37.3 Å². The number of rotatable bonds is 10. The van der Waals surface area contributed by atoms with Crippen molar-refractivity contribution in [3.8, 4) is 0 Å². The number of amides is 1. The van der Waals surface area contributed by atoms with Crippen molar-refractivity contribution in [2.45, 2.75) is 45.6 Å². The lowest BCUT2D eigenvalue weighted by molar-refractivity contribution is -0.126. The summed E-state index contributed by atoms with van der Waals surface area (Å²) in [6, 6.07) is 0.906. The molecule has 0 radical (unpaired) electrons. The summed E-state index contributed by atoms with van der Waals surface area (Å²) < 4.78 is 29.4. The van der Waals surface area contributed by atoms with Gasteiger partial charge < -0.3 is 22.1 Å². The molecule has 6 nitrogen and oxygen atoms in total. The third kappa shape index (κ3) is 6.75. The Morgan fingerprint density at radius 2 is 2.10 bits per heavy atom. The zero-order valence-corrected chi connectivity index (χ0v) is 19.1. The van der Waals surface area contributed by atoms with Crippen LogP contribution in [0.1, 0.15) is 37.8 Å². The Kier molecular flexibility index (Phi) is 9.46. The van der Waals surface area contributed by atoms with E-state index < -0.39 is 11.6 Å². The minimum absolute atomic E-state index is 0.0994. The molecule has 1 aliphatic carbocycles. The molecule has 2 rings (SSSR count). The second-order valence-electron chi connectivity index (χ2n) is 8.09. The summed E-state index contributed by atoms with van der Waals surface area (Å²) in [5, 5.41) is 6.22. The molecule has 1 aromatic rings. The SMILES string of the molecule is C=C(S)/N=C(/C)CC(CN)[C@H](C)C(=O)N[C@H]1CCc2c(F)c(NCCN)cc(F)c2C1. The highest BCUT2D eigenvalue weighted by Gasteiger charge is 2.30. The number of thiol groups is 1. The largest absolute Gasteiger partial charge is 0.381 e. The number of nitrogens with one attached hydrogen (secondary N) is 2. The monoisotopic (exact) mass is 453 g/mol. The number of nitrogens with zero attached hydrogens (tertiary/aromatic N) is 1. The Bertz CT molecular complexity index is 846. The Balaban J connectivity index is 2.06. The average Bonchev–Trinajstić information content (AvgIpc) is 2.72. The van der Waals surface area contributed by atoms with Crippen molar-refractivity contribution in [1.82, 2.24) is 5.32 Å². The van der Waals surface area contributed by atoms with Crippen LogP contribution >= 0.6 is 12.6 Å². The maximum atomic E-state index is 14.7. The molecule has 0 spiro atoms. The molecule has 0 fully saturated rings. The van der Waals surface area contributed by atoms with Gasteiger partial charge in [-0.25, -0.2) is 8.78 Å². The van der Waals surface area contributed by atoms with Crippen molar-refractivity contribution in [2.24, 2.45) is 28.3 Å². The molecule has 6 N–H and O–H groups in total. The van der Waals surface area contributed by atoms with Gasteiger partial charge >= 0.3 is 0 Å². The maximum Gasteiger partial charge on any atom is 0.223 e. The summed E-state index contributed by atoms with van der Waals surface area (Å²) in [5.74, 6) is -1.51. The first-order valence-corrected chi connectivity index (χ1v) is 11.0. The summed E-state index contributed by atoms with van der Waals surface area (Å²) in [7, 11) is 0. The van der Waals surface area contributed by atoms with Gasteiger partial charge in [0.15, 0.2) is 0 Å².